The van der Waals surface area contributed by atoms with E-state index in [0.717, 1.165) is 0 Å². The van der Waals surface area contributed by atoms with Gasteiger partial charge in [-0.1, -0.05) is 24.3 Å². The summed E-state index contributed by atoms with van der Waals surface area (Å²) in [5, 5.41) is 0. The Balaban J connectivity index is 2.08. The van der Waals surface area contributed by atoms with Crippen LogP contribution in [0.15, 0.2) is 36.4 Å². The van der Waals surface area contributed by atoms with E-state index in [2.05, 4.69) is 6.58 Å². The minimum absolute atomic E-state index is 0.0672. The van der Waals surface area contributed by atoms with Crippen LogP contribution in [0.1, 0.15) is 23.7 Å². The average molecular weight is 246 g/mol. The van der Waals surface area contributed by atoms with Crippen molar-refractivity contribution < 1.29 is 19.1 Å². The fourth-order valence-electron chi connectivity index (χ4n) is 1.74. The van der Waals surface area contributed by atoms with E-state index in [1.54, 1.807) is 31.2 Å². The van der Waals surface area contributed by atoms with Gasteiger partial charge in [-0.05, 0) is 19.1 Å². The first-order valence-corrected chi connectivity index (χ1v) is 5.68. The molecule has 1 unspecified atom stereocenters. The summed E-state index contributed by atoms with van der Waals surface area (Å²) >= 11 is 0. The molecule has 0 N–H and O–H groups in total. The normalized spacial score (nSPS) is 17.6. The number of para-hydroxylation sites is 1. The van der Waals surface area contributed by atoms with Crippen LogP contribution in [0.25, 0.3) is 0 Å². The lowest BCUT2D eigenvalue weighted by atomic mass is 10.0. The van der Waals surface area contributed by atoms with E-state index < -0.39 is 12.1 Å². The van der Waals surface area contributed by atoms with E-state index in [1.165, 1.54) is 0 Å². The Morgan fingerprint density at radius 1 is 1.50 bits per heavy atom. The van der Waals surface area contributed by atoms with Crippen molar-refractivity contribution in [2.45, 2.75) is 19.4 Å². The lowest BCUT2D eigenvalue weighted by molar-refractivity contribution is -0.147. The van der Waals surface area contributed by atoms with Crippen LogP contribution in [-0.4, -0.2) is 24.5 Å². The van der Waals surface area contributed by atoms with Gasteiger partial charge in [0.2, 0.25) is 5.78 Å². The average Bonchev–Trinajstić information content (AvgIpc) is 2.32. The SMILES string of the molecule is C=C(C)CC(=O)OC1COc2ccccc2C1=O. The van der Waals surface area contributed by atoms with Gasteiger partial charge in [0.25, 0.3) is 0 Å². The first kappa shape index (κ1) is 12.4. The van der Waals surface area contributed by atoms with Crippen molar-refractivity contribution in [3.05, 3.63) is 42.0 Å². The quantitative estimate of drug-likeness (QED) is 0.605. The number of rotatable bonds is 3. The Morgan fingerprint density at radius 3 is 2.94 bits per heavy atom. The summed E-state index contributed by atoms with van der Waals surface area (Å²) in [5.74, 6) is -0.134. The molecule has 0 bridgehead atoms. The zero-order chi connectivity index (χ0) is 13.1. The maximum atomic E-state index is 12.1. The first-order valence-electron chi connectivity index (χ1n) is 5.68. The highest BCUT2D eigenvalue weighted by atomic mass is 16.6. The van der Waals surface area contributed by atoms with E-state index in [4.69, 9.17) is 9.47 Å². The highest BCUT2D eigenvalue weighted by Gasteiger charge is 2.31. The Labute approximate surface area is 105 Å². The maximum Gasteiger partial charge on any atom is 0.310 e. The number of Topliss-reactive ketones (excluding diaryl/α,β-unsaturated/α-hetero) is 1. The van der Waals surface area contributed by atoms with Crippen molar-refractivity contribution in [2.24, 2.45) is 0 Å². The van der Waals surface area contributed by atoms with Gasteiger partial charge in [0.05, 0.1) is 12.0 Å². The van der Waals surface area contributed by atoms with E-state index in [-0.39, 0.29) is 18.8 Å². The number of ether oxygens (including phenoxy) is 2. The summed E-state index contributed by atoms with van der Waals surface area (Å²) < 4.78 is 10.5. The molecule has 18 heavy (non-hydrogen) atoms. The molecule has 1 aliphatic rings. The largest absolute Gasteiger partial charge is 0.488 e. The second-order valence-electron chi connectivity index (χ2n) is 4.28. The third-order valence-electron chi connectivity index (χ3n) is 2.55. The van der Waals surface area contributed by atoms with Gasteiger partial charge in [0.15, 0.2) is 6.10 Å². The molecule has 0 fully saturated rings. The molecular weight excluding hydrogens is 232 g/mol. The molecule has 0 saturated heterocycles. The molecule has 1 aromatic rings. The number of carbonyl (C=O) groups is 2. The Hall–Kier alpha value is -2.10. The molecule has 1 aromatic carbocycles. The van der Waals surface area contributed by atoms with Gasteiger partial charge in [-0.15, -0.1) is 0 Å². The first-order chi connectivity index (χ1) is 8.58. The van der Waals surface area contributed by atoms with Crippen LogP contribution in [-0.2, 0) is 9.53 Å². The Kier molecular flexibility index (Phi) is 3.46. The zero-order valence-electron chi connectivity index (χ0n) is 10.1. The number of carbonyl (C=O) groups excluding carboxylic acids is 2. The Morgan fingerprint density at radius 2 is 2.22 bits per heavy atom. The summed E-state index contributed by atoms with van der Waals surface area (Å²) in [6.07, 6.45) is -0.738. The van der Waals surface area contributed by atoms with Crippen LogP contribution in [0.4, 0.5) is 0 Å². The van der Waals surface area contributed by atoms with Crippen molar-refractivity contribution in [3.63, 3.8) is 0 Å². The molecule has 0 radical (unpaired) electrons. The predicted molar refractivity (Wildman–Crippen MR) is 65.6 cm³/mol. The van der Waals surface area contributed by atoms with E-state index in [0.29, 0.717) is 16.9 Å². The third-order valence-corrected chi connectivity index (χ3v) is 2.55. The minimum Gasteiger partial charge on any atom is -0.488 e. The van der Waals surface area contributed by atoms with Gasteiger partial charge >= 0.3 is 5.97 Å². The summed E-state index contributed by atoms with van der Waals surface area (Å²) in [7, 11) is 0. The van der Waals surface area contributed by atoms with Gasteiger partial charge in [-0.2, -0.15) is 0 Å². The second kappa shape index (κ2) is 5.04. The van der Waals surface area contributed by atoms with Crippen LogP contribution in [0.5, 0.6) is 5.75 Å². The molecular formula is C14H14O4. The van der Waals surface area contributed by atoms with Gasteiger partial charge in [0.1, 0.15) is 12.4 Å². The fourth-order valence-corrected chi connectivity index (χ4v) is 1.74. The molecule has 0 aromatic heterocycles. The van der Waals surface area contributed by atoms with Gasteiger partial charge in [-0.3, -0.25) is 9.59 Å². The molecule has 2 rings (SSSR count). The van der Waals surface area contributed by atoms with Crippen LogP contribution in [0.3, 0.4) is 0 Å². The molecule has 0 aliphatic carbocycles. The molecule has 1 heterocycles. The van der Waals surface area contributed by atoms with E-state index in [1.807, 2.05) is 0 Å². The van der Waals surface area contributed by atoms with Crippen molar-refractivity contribution in [2.75, 3.05) is 6.61 Å². The monoisotopic (exact) mass is 246 g/mol. The van der Waals surface area contributed by atoms with E-state index >= 15 is 0 Å². The molecule has 0 amide bonds. The second-order valence-corrected chi connectivity index (χ2v) is 4.28. The van der Waals surface area contributed by atoms with Crippen molar-refractivity contribution in [1.82, 2.24) is 0 Å². The third kappa shape index (κ3) is 2.59. The van der Waals surface area contributed by atoms with Crippen LogP contribution >= 0.6 is 0 Å². The fraction of sp³-hybridized carbons (Fsp3) is 0.286. The highest BCUT2D eigenvalue weighted by molar-refractivity contribution is 6.03. The van der Waals surface area contributed by atoms with Gasteiger partial charge in [-0.25, -0.2) is 0 Å². The van der Waals surface area contributed by atoms with Crippen LogP contribution < -0.4 is 4.74 Å². The molecule has 1 atom stereocenters. The molecule has 1 aliphatic heterocycles. The number of fused-ring (bicyclic) bond motifs is 1. The highest BCUT2D eigenvalue weighted by Crippen LogP contribution is 2.25. The lowest BCUT2D eigenvalue weighted by Gasteiger charge is -2.23. The van der Waals surface area contributed by atoms with Gasteiger partial charge in [0, 0.05) is 0 Å². The van der Waals surface area contributed by atoms with Crippen molar-refractivity contribution >= 4 is 11.8 Å². The van der Waals surface area contributed by atoms with Crippen molar-refractivity contribution in [1.29, 1.82) is 0 Å². The van der Waals surface area contributed by atoms with Crippen molar-refractivity contribution in [3.8, 4) is 5.75 Å². The van der Waals surface area contributed by atoms with Crippen LogP contribution in [0.2, 0.25) is 0 Å². The van der Waals surface area contributed by atoms with Crippen LogP contribution in [0, 0.1) is 0 Å². The minimum atomic E-state index is -0.855. The topological polar surface area (TPSA) is 52.6 Å². The number of ketones is 1. The number of esters is 1. The van der Waals surface area contributed by atoms with Gasteiger partial charge < -0.3 is 9.47 Å². The summed E-state index contributed by atoms with van der Waals surface area (Å²) in [6, 6.07) is 6.92. The molecule has 4 nitrogen and oxygen atoms in total. The van der Waals surface area contributed by atoms with E-state index in [9.17, 15) is 9.59 Å². The lowest BCUT2D eigenvalue weighted by Crippen LogP contribution is -2.36. The molecule has 0 saturated carbocycles. The Bertz CT molecular complexity index is 504. The maximum absolute atomic E-state index is 12.1. The number of hydrogen-bond donors (Lipinski definition) is 0. The predicted octanol–water partition coefficient (Wildman–Crippen LogP) is 2.14. The summed E-state index contributed by atoms with van der Waals surface area (Å²) in [6.45, 7) is 5.43. The molecule has 0 spiro atoms. The molecule has 94 valence electrons. The summed E-state index contributed by atoms with van der Waals surface area (Å²) in [5.41, 5.74) is 1.15. The standard InChI is InChI=1S/C14H14O4/c1-9(2)7-13(15)18-12-8-17-11-6-4-3-5-10(11)14(12)16/h3-6,12H,1,7-8H2,2H3. The number of hydrogen-bond acceptors (Lipinski definition) is 4. The zero-order valence-corrected chi connectivity index (χ0v) is 10.1. The summed E-state index contributed by atoms with van der Waals surface area (Å²) in [4.78, 5) is 23.5. The molecule has 4 heteroatoms. The number of benzene rings is 1. The smallest absolute Gasteiger partial charge is 0.310 e.